The lowest BCUT2D eigenvalue weighted by molar-refractivity contribution is 0.135. The molecule has 0 saturated carbocycles. The molecule has 3 nitrogen and oxygen atoms in total. The smallest absolute Gasteiger partial charge is 0.0807 e. The maximum Gasteiger partial charge on any atom is 0.0807 e. The summed E-state index contributed by atoms with van der Waals surface area (Å²) in [5.41, 5.74) is 2.02. The van der Waals surface area contributed by atoms with E-state index in [1.54, 1.807) is 12.4 Å². The summed E-state index contributed by atoms with van der Waals surface area (Å²) in [6, 6.07) is 9.58. The van der Waals surface area contributed by atoms with E-state index in [4.69, 9.17) is 23.2 Å². The van der Waals surface area contributed by atoms with Crippen LogP contribution in [0.4, 0.5) is 5.69 Å². The number of hydrogen-bond acceptors (Lipinski definition) is 3. The summed E-state index contributed by atoms with van der Waals surface area (Å²) in [5.74, 6) is 0.532. The Morgan fingerprint density at radius 3 is 2.61 bits per heavy atom. The zero-order valence-electron chi connectivity index (χ0n) is 12.8. The lowest BCUT2D eigenvalue weighted by Gasteiger charge is -2.34. The van der Waals surface area contributed by atoms with Crippen LogP contribution in [-0.2, 0) is 0 Å². The van der Waals surface area contributed by atoms with E-state index < -0.39 is 6.10 Å². The minimum atomic E-state index is -0.426. The molecule has 1 aromatic heterocycles. The fourth-order valence-corrected chi connectivity index (χ4v) is 3.43. The molecule has 1 N–H and O–H groups in total. The number of pyridine rings is 1. The molecule has 0 spiro atoms. The summed E-state index contributed by atoms with van der Waals surface area (Å²) in [6.07, 6.45) is 5.97. The van der Waals surface area contributed by atoms with Gasteiger partial charge in [0.05, 0.1) is 16.1 Å². The molecular weight excluding hydrogens is 331 g/mol. The van der Waals surface area contributed by atoms with Gasteiger partial charge in [-0.15, -0.1) is 0 Å². The van der Waals surface area contributed by atoms with Gasteiger partial charge in [0.1, 0.15) is 0 Å². The first-order valence-electron chi connectivity index (χ1n) is 7.91. The Balaban J connectivity index is 1.55. The van der Waals surface area contributed by atoms with Crippen molar-refractivity contribution in [3.63, 3.8) is 0 Å². The molecule has 2 heterocycles. The van der Waals surface area contributed by atoms with Gasteiger partial charge in [0, 0.05) is 31.2 Å². The standard InChI is InChI=1S/C18H20Cl2N2O/c19-16-4-3-15(11-17(16)20)22-8-5-13(6-9-22)10-18(23)14-2-1-7-21-12-14/h1-4,7,11-13,18,23H,5-6,8-10H2. The lowest BCUT2D eigenvalue weighted by atomic mass is 9.89. The SMILES string of the molecule is OC(CC1CCN(c2ccc(Cl)c(Cl)c2)CC1)c1cccnc1. The van der Waals surface area contributed by atoms with Crippen LogP contribution in [0.25, 0.3) is 0 Å². The van der Waals surface area contributed by atoms with Crippen molar-refractivity contribution in [1.29, 1.82) is 0 Å². The Bertz CT molecular complexity index is 643. The average molecular weight is 351 g/mol. The highest BCUT2D eigenvalue weighted by Crippen LogP contribution is 2.32. The summed E-state index contributed by atoms with van der Waals surface area (Å²) in [4.78, 5) is 6.40. The van der Waals surface area contributed by atoms with Crippen molar-refractivity contribution in [2.24, 2.45) is 5.92 Å². The van der Waals surface area contributed by atoms with Crippen molar-refractivity contribution in [2.75, 3.05) is 18.0 Å². The van der Waals surface area contributed by atoms with Crippen LogP contribution < -0.4 is 4.90 Å². The number of aliphatic hydroxyl groups excluding tert-OH is 1. The first-order valence-corrected chi connectivity index (χ1v) is 8.67. The van der Waals surface area contributed by atoms with Crippen molar-refractivity contribution in [3.8, 4) is 0 Å². The molecule has 1 aromatic carbocycles. The van der Waals surface area contributed by atoms with Crippen LogP contribution in [0.1, 0.15) is 30.9 Å². The normalized spacial score (nSPS) is 17.3. The van der Waals surface area contributed by atoms with Gasteiger partial charge < -0.3 is 10.0 Å². The van der Waals surface area contributed by atoms with Gasteiger partial charge in [-0.1, -0.05) is 29.3 Å². The zero-order chi connectivity index (χ0) is 16.2. The molecule has 122 valence electrons. The second-order valence-electron chi connectivity index (χ2n) is 6.07. The Hall–Kier alpha value is -1.29. The van der Waals surface area contributed by atoms with Crippen LogP contribution in [0.15, 0.2) is 42.7 Å². The summed E-state index contributed by atoms with van der Waals surface area (Å²) >= 11 is 12.1. The monoisotopic (exact) mass is 350 g/mol. The molecule has 0 radical (unpaired) electrons. The first-order chi connectivity index (χ1) is 11.1. The van der Waals surface area contributed by atoms with Crippen molar-refractivity contribution in [1.82, 2.24) is 4.98 Å². The fourth-order valence-electron chi connectivity index (χ4n) is 3.13. The van der Waals surface area contributed by atoms with E-state index in [0.717, 1.165) is 43.6 Å². The van der Waals surface area contributed by atoms with Gasteiger partial charge in [0.25, 0.3) is 0 Å². The van der Waals surface area contributed by atoms with E-state index in [1.807, 2.05) is 30.3 Å². The van der Waals surface area contributed by atoms with E-state index in [0.29, 0.717) is 16.0 Å². The Morgan fingerprint density at radius 2 is 1.96 bits per heavy atom. The number of hydrogen-bond donors (Lipinski definition) is 1. The van der Waals surface area contributed by atoms with Crippen LogP contribution in [-0.4, -0.2) is 23.2 Å². The highest BCUT2D eigenvalue weighted by molar-refractivity contribution is 6.42. The zero-order valence-corrected chi connectivity index (χ0v) is 14.3. The molecule has 1 atom stereocenters. The van der Waals surface area contributed by atoms with Crippen LogP contribution in [0.5, 0.6) is 0 Å². The van der Waals surface area contributed by atoms with E-state index in [9.17, 15) is 5.11 Å². The predicted molar refractivity (Wildman–Crippen MR) is 95.2 cm³/mol. The van der Waals surface area contributed by atoms with Crippen molar-refractivity contribution in [3.05, 3.63) is 58.3 Å². The van der Waals surface area contributed by atoms with Gasteiger partial charge in [-0.25, -0.2) is 0 Å². The topological polar surface area (TPSA) is 36.4 Å². The van der Waals surface area contributed by atoms with Gasteiger partial charge >= 0.3 is 0 Å². The molecular formula is C18H20Cl2N2O. The maximum absolute atomic E-state index is 10.3. The minimum absolute atomic E-state index is 0.426. The lowest BCUT2D eigenvalue weighted by Crippen LogP contribution is -2.34. The molecule has 0 aliphatic carbocycles. The quantitative estimate of drug-likeness (QED) is 0.865. The number of rotatable bonds is 4. The van der Waals surface area contributed by atoms with Crippen LogP contribution in [0.2, 0.25) is 10.0 Å². The molecule has 1 aliphatic rings. The van der Waals surface area contributed by atoms with Gasteiger partial charge in [-0.05, 0) is 55.0 Å². The highest BCUT2D eigenvalue weighted by atomic mass is 35.5. The van der Waals surface area contributed by atoms with E-state index >= 15 is 0 Å². The molecule has 3 rings (SSSR count). The second-order valence-corrected chi connectivity index (χ2v) is 6.88. The van der Waals surface area contributed by atoms with Gasteiger partial charge in [-0.2, -0.15) is 0 Å². The molecule has 0 bridgehead atoms. The summed E-state index contributed by atoms with van der Waals surface area (Å²) in [5, 5.41) is 11.5. The van der Waals surface area contributed by atoms with E-state index in [-0.39, 0.29) is 0 Å². The number of nitrogens with zero attached hydrogens (tertiary/aromatic N) is 2. The average Bonchev–Trinajstić information content (AvgIpc) is 2.59. The molecule has 1 unspecified atom stereocenters. The predicted octanol–water partition coefficient (Wildman–Crippen LogP) is 4.73. The van der Waals surface area contributed by atoms with Gasteiger partial charge in [-0.3, -0.25) is 4.98 Å². The molecule has 1 saturated heterocycles. The van der Waals surface area contributed by atoms with Crippen LogP contribution in [0, 0.1) is 5.92 Å². The third-order valence-corrected chi connectivity index (χ3v) is 5.25. The first kappa shape index (κ1) is 16.6. The van der Waals surface area contributed by atoms with Crippen LogP contribution >= 0.6 is 23.2 Å². The van der Waals surface area contributed by atoms with Gasteiger partial charge in [0.2, 0.25) is 0 Å². The van der Waals surface area contributed by atoms with Crippen molar-refractivity contribution in [2.45, 2.75) is 25.4 Å². The molecule has 5 heteroatoms. The largest absolute Gasteiger partial charge is 0.388 e. The molecule has 23 heavy (non-hydrogen) atoms. The Kier molecular flexibility index (Phi) is 5.42. The Morgan fingerprint density at radius 1 is 1.17 bits per heavy atom. The third kappa shape index (κ3) is 4.17. The van der Waals surface area contributed by atoms with Crippen LogP contribution in [0.3, 0.4) is 0 Å². The number of aliphatic hydroxyl groups is 1. The maximum atomic E-state index is 10.3. The Labute approximate surface area is 146 Å². The highest BCUT2D eigenvalue weighted by Gasteiger charge is 2.22. The van der Waals surface area contributed by atoms with Gasteiger partial charge in [0.15, 0.2) is 0 Å². The third-order valence-electron chi connectivity index (χ3n) is 4.51. The van der Waals surface area contributed by atoms with E-state index in [2.05, 4.69) is 9.88 Å². The number of benzene rings is 1. The van der Waals surface area contributed by atoms with Crippen molar-refractivity contribution < 1.29 is 5.11 Å². The molecule has 1 fully saturated rings. The second kappa shape index (κ2) is 7.52. The van der Waals surface area contributed by atoms with E-state index in [1.165, 1.54) is 0 Å². The summed E-state index contributed by atoms with van der Waals surface area (Å²) in [6.45, 7) is 1.95. The van der Waals surface area contributed by atoms with Crippen molar-refractivity contribution >= 4 is 28.9 Å². The number of piperidine rings is 1. The summed E-state index contributed by atoms with van der Waals surface area (Å²) in [7, 11) is 0. The number of aromatic nitrogens is 1. The minimum Gasteiger partial charge on any atom is -0.388 e. The number of halogens is 2. The number of anilines is 1. The molecule has 1 aliphatic heterocycles. The fraction of sp³-hybridized carbons (Fsp3) is 0.389. The summed E-state index contributed by atoms with van der Waals surface area (Å²) < 4.78 is 0. The molecule has 0 amide bonds. The molecule has 2 aromatic rings.